The van der Waals surface area contributed by atoms with Gasteiger partial charge in [-0.15, -0.1) is 0 Å². The van der Waals surface area contributed by atoms with Crippen LogP contribution in [-0.2, 0) is 47.9 Å². The molecule has 0 spiro atoms. The van der Waals surface area contributed by atoms with Gasteiger partial charge in [0.2, 0.25) is 0 Å². The number of hydrogen-bond acceptors (Lipinski definition) is 12. The Balaban J connectivity index is 1.45. The van der Waals surface area contributed by atoms with E-state index in [0.717, 1.165) is 0 Å². The van der Waals surface area contributed by atoms with Crippen molar-refractivity contribution in [3.8, 4) is 17.2 Å². The van der Waals surface area contributed by atoms with Gasteiger partial charge in [-0.1, -0.05) is 36.4 Å². The predicted molar refractivity (Wildman–Crippen MR) is 156 cm³/mol. The fourth-order valence-corrected chi connectivity index (χ4v) is 3.89. The van der Waals surface area contributed by atoms with Gasteiger partial charge in [0.25, 0.3) is 0 Å². The van der Waals surface area contributed by atoms with E-state index < -0.39 is 23.4 Å². The molecule has 0 bridgehead atoms. The number of carbonyl (C=O) groups excluding carboxylic acids is 3. The minimum absolute atomic E-state index is 0.0309. The molecule has 12 heteroatoms. The van der Waals surface area contributed by atoms with Crippen molar-refractivity contribution in [2.45, 2.75) is 31.7 Å². The van der Waals surface area contributed by atoms with E-state index in [0.29, 0.717) is 16.7 Å². The summed E-state index contributed by atoms with van der Waals surface area (Å²) >= 11 is 0. The fraction of sp³-hybridized carbons (Fsp3) is 0.323. The van der Waals surface area contributed by atoms with Gasteiger partial charge in [-0.2, -0.15) is 0 Å². The molecule has 0 saturated carbocycles. The quantitative estimate of drug-likeness (QED) is 0.0579. The molecule has 0 unspecified atom stereocenters. The summed E-state index contributed by atoms with van der Waals surface area (Å²) in [5.41, 5.74) is 1.36. The van der Waals surface area contributed by atoms with Crippen molar-refractivity contribution >= 4 is 17.9 Å². The second-order valence-corrected chi connectivity index (χ2v) is 10.1. The van der Waals surface area contributed by atoms with Crippen LogP contribution in [0, 0.1) is 0 Å². The number of aromatic hydroxyl groups is 3. The molecular formula is C31H37N3O9. The van der Waals surface area contributed by atoms with E-state index in [4.69, 9.17) is 14.2 Å². The molecular weight excluding hydrogens is 558 g/mol. The summed E-state index contributed by atoms with van der Waals surface area (Å²) < 4.78 is 15.9. The molecule has 0 saturated heterocycles. The Bertz CT molecular complexity index is 1250. The molecule has 3 aromatic carbocycles. The molecule has 0 heterocycles. The first-order valence-electron chi connectivity index (χ1n) is 13.6. The highest BCUT2D eigenvalue weighted by Crippen LogP contribution is 2.12. The summed E-state index contributed by atoms with van der Waals surface area (Å²) in [6.07, 6.45) is 0.125. The minimum atomic E-state index is -0.731. The van der Waals surface area contributed by atoms with Crippen molar-refractivity contribution < 1.29 is 43.9 Å². The number of benzene rings is 3. The standard InChI is InChI=1S/C31H37N3O9/c1-31(34-21-43-30(40)16-24-6-12-27(37)13-7-24,17-32-19-41-28(38)14-22-2-8-25(35)9-3-22)18-33-20-42-29(39)15-23-4-10-26(36)11-5-23/h2-13,32-37H,14-21H2,1H3. The molecule has 3 rings (SSSR count). The van der Waals surface area contributed by atoms with Gasteiger partial charge in [-0.3, -0.25) is 30.3 Å². The molecule has 230 valence electrons. The highest BCUT2D eigenvalue weighted by atomic mass is 16.5. The van der Waals surface area contributed by atoms with Gasteiger partial charge < -0.3 is 29.5 Å². The zero-order chi connectivity index (χ0) is 31.1. The van der Waals surface area contributed by atoms with Gasteiger partial charge in [-0.05, 0) is 60.0 Å². The number of ether oxygens (including phenoxy) is 3. The molecule has 0 aromatic heterocycles. The lowest BCUT2D eigenvalue weighted by Gasteiger charge is -2.31. The van der Waals surface area contributed by atoms with Gasteiger partial charge in [0.15, 0.2) is 0 Å². The smallest absolute Gasteiger partial charge is 0.311 e. The lowest BCUT2D eigenvalue weighted by molar-refractivity contribution is -0.145. The highest BCUT2D eigenvalue weighted by molar-refractivity contribution is 5.73. The Morgan fingerprint density at radius 2 is 0.860 bits per heavy atom. The number of phenolic OH excluding ortho intramolecular Hbond substituents is 3. The average Bonchev–Trinajstić information content (AvgIpc) is 2.97. The highest BCUT2D eigenvalue weighted by Gasteiger charge is 2.24. The fourth-order valence-electron chi connectivity index (χ4n) is 3.89. The molecule has 0 aliphatic rings. The SMILES string of the molecule is CC(CNCOC(=O)Cc1ccc(O)cc1)(CNCOC(=O)Cc1ccc(O)cc1)NCOC(=O)Cc1ccc(O)cc1. The van der Waals surface area contributed by atoms with Crippen molar-refractivity contribution in [2.75, 3.05) is 33.3 Å². The van der Waals surface area contributed by atoms with Crippen LogP contribution in [0.3, 0.4) is 0 Å². The summed E-state index contributed by atoms with van der Waals surface area (Å²) in [5.74, 6) is -1.04. The third-order valence-electron chi connectivity index (χ3n) is 6.29. The summed E-state index contributed by atoms with van der Waals surface area (Å²) in [7, 11) is 0. The van der Waals surface area contributed by atoms with Gasteiger partial charge in [0, 0.05) is 18.6 Å². The minimum Gasteiger partial charge on any atom is -0.508 e. The predicted octanol–water partition coefficient (Wildman–Crippen LogP) is 1.86. The van der Waals surface area contributed by atoms with Crippen LogP contribution < -0.4 is 16.0 Å². The van der Waals surface area contributed by atoms with E-state index in [1.54, 1.807) is 36.4 Å². The zero-order valence-electron chi connectivity index (χ0n) is 23.9. The third-order valence-corrected chi connectivity index (χ3v) is 6.29. The number of esters is 3. The normalized spacial score (nSPS) is 11.1. The average molecular weight is 596 g/mol. The number of carbonyl (C=O) groups is 3. The first-order valence-corrected chi connectivity index (χ1v) is 13.6. The van der Waals surface area contributed by atoms with Crippen LogP contribution in [0.1, 0.15) is 23.6 Å². The maximum absolute atomic E-state index is 12.3. The van der Waals surface area contributed by atoms with Crippen molar-refractivity contribution in [3.63, 3.8) is 0 Å². The largest absolute Gasteiger partial charge is 0.508 e. The maximum Gasteiger partial charge on any atom is 0.311 e. The lowest BCUT2D eigenvalue weighted by Crippen LogP contribution is -2.57. The Hall–Kier alpha value is -4.65. The number of nitrogens with one attached hydrogen (secondary N) is 3. The van der Waals surface area contributed by atoms with E-state index in [1.165, 1.54) is 36.4 Å². The van der Waals surface area contributed by atoms with Gasteiger partial charge in [0.1, 0.15) is 37.4 Å². The Morgan fingerprint density at radius 1 is 0.558 bits per heavy atom. The Kier molecular flexibility index (Phi) is 12.8. The van der Waals surface area contributed by atoms with Crippen LogP contribution in [-0.4, -0.2) is 72.0 Å². The molecule has 3 aromatic rings. The van der Waals surface area contributed by atoms with Crippen LogP contribution in [0.15, 0.2) is 72.8 Å². The Labute approximate surface area is 249 Å². The van der Waals surface area contributed by atoms with Crippen LogP contribution in [0.5, 0.6) is 17.2 Å². The maximum atomic E-state index is 12.3. The van der Waals surface area contributed by atoms with E-state index in [9.17, 15) is 29.7 Å². The molecule has 0 fully saturated rings. The lowest BCUT2D eigenvalue weighted by atomic mass is 10.0. The van der Waals surface area contributed by atoms with Crippen molar-refractivity contribution in [1.29, 1.82) is 0 Å². The van der Waals surface area contributed by atoms with Crippen LogP contribution in [0.2, 0.25) is 0 Å². The molecule has 0 amide bonds. The van der Waals surface area contributed by atoms with Gasteiger partial charge in [0.05, 0.1) is 19.3 Å². The van der Waals surface area contributed by atoms with E-state index in [-0.39, 0.29) is 69.8 Å². The van der Waals surface area contributed by atoms with E-state index in [2.05, 4.69) is 16.0 Å². The molecule has 6 N–H and O–H groups in total. The summed E-state index contributed by atoms with van der Waals surface area (Å²) in [4.78, 5) is 36.6. The van der Waals surface area contributed by atoms with Gasteiger partial charge in [-0.25, -0.2) is 0 Å². The topological polar surface area (TPSA) is 176 Å². The first kappa shape index (κ1) is 32.9. The second-order valence-electron chi connectivity index (χ2n) is 10.1. The summed E-state index contributed by atoms with van der Waals surface area (Å²) in [6, 6.07) is 18.8. The van der Waals surface area contributed by atoms with Crippen molar-refractivity contribution in [3.05, 3.63) is 89.5 Å². The van der Waals surface area contributed by atoms with Gasteiger partial charge >= 0.3 is 17.9 Å². The number of hydrogen-bond donors (Lipinski definition) is 6. The molecule has 0 atom stereocenters. The molecule has 0 aliphatic heterocycles. The summed E-state index contributed by atoms with van der Waals surface area (Å²) in [5, 5.41) is 37.4. The number of rotatable bonds is 17. The molecule has 0 aliphatic carbocycles. The van der Waals surface area contributed by atoms with E-state index in [1.807, 2.05) is 6.92 Å². The van der Waals surface area contributed by atoms with Crippen molar-refractivity contribution in [2.24, 2.45) is 0 Å². The van der Waals surface area contributed by atoms with E-state index >= 15 is 0 Å². The third kappa shape index (κ3) is 12.8. The van der Waals surface area contributed by atoms with Crippen LogP contribution in [0.25, 0.3) is 0 Å². The zero-order valence-corrected chi connectivity index (χ0v) is 23.9. The monoisotopic (exact) mass is 595 g/mol. The Morgan fingerprint density at radius 3 is 1.19 bits per heavy atom. The molecule has 12 nitrogen and oxygen atoms in total. The number of phenols is 3. The summed E-state index contributed by atoms with van der Waals surface area (Å²) in [6.45, 7) is 2.15. The molecule has 43 heavy (non-hydrogen) atoms. The first-order chi connectivity index (χ1) is 20.6. The van der Waals surface area contributed by atoms with Crippen LogP contribution >= 0.6 is 0 Å². The molecule has 0 radical (unpaired) electrons. The van der Waals surface area contributed by atoms with Crippen LogP contribution in [0.4, 0.5) is 0 Å². The second kappa shape index (κ2) is 16.7. The van der Waals surface area contributed by atoms with Crippen molar-refractivity contribution in [1.82, 2.24) is 16.0 Å².